The molecule has 7 heteroatoms. The van der Waals surface area contributed by atoms with E-state index in [9.17, 15) is 9.18 Å². The summed E-state index contributed by atoms with van der Waals surface area (Å²) in [4.78, 5) is 12.0. The average Bonchev–Trinajstić information content (AvgIpc) is 2.61. The van der Waals surface area contributed by atoms with Crippen molar-refractivity contribution in [1.82, 2.24) is 25.7 Å². The summed E-state index contributed by atoms with van der Waals surface area (Å²) >= 11 is 0. The summed E-state index contributed by atoms with van der Waals surface area (Å²) in [6, 6.07) is 12.8. The van der Waals surface area contributed by atoms with Crippen LogP contribution >= 0.6 is 0 Å². The molecule has 0 radical (unpaired) electrons. The summed E-state index contributed by atoms with van der Waals surface area (Å²) in [6.45, 7) is 2.08. The zero-order valence-corrected chi connectivity index (χ0v) is 12.9. The molecule has 0 aliphatic heterocycles. The molecule has 24 heavy (non-hydrogen) atoms. The Morgan fingerprint density at radius 2 is 1.58 bits per heavy atom. The van der Waals surface area contributed by atoms with Gasteiger partial charge in [-0.15, -0.1) is 20.4 Å². The van der Waals surface area contributed by atoms with Crippen molar-refractivity contribution in [3.05, 3.63) is 71.3 Å². The van der Waals surface area contributed by atoms with Gasteiger partial charge in [-0.25, -0.2) is 4.39 Å². The van der Waals surface area contributed by atoms with Crippen LogP contribution in [0.25, 0.3) is 11.4 Å². The van der Waals surface area contributed by atoms with Crippen LogP contribution in [0.15, 0.2) is 48.5 Å². The molecule has 0 aliphatic carbocycles. The van der Waals surface area contributed by atoms with Gasteiger partial charge in [0.1, 0.15) is 5.82 Å². The number of rotatable bonds is 4. The maximum atomic E-state index is 12.8. The summed E-state index contributed by atoms with van der Waals surface area (Å²) in [5.74, 6) is 0.333. The standard InChI is InChI=1S/C17H14FN5O/c1-11-20-22-16(23-21-11)13-4-2-12(3-5-13)10-19-17(24)14-6-8-15(18)9-7-14/h2-9H,10H2,1H3,(H,19,24)/i18-1. The minimum Gasteiger partial charge on any atom is -0.348 e. The normalized spacial score (nSPS) is 10.4. The minimum atomic E-state index is -0.371. The maximum Gasteiger partial charge on any atom is 0.251 e. The SMILES string of the molecule is Cc1nnc(-c2ccc(CNC(=O)c3ccc([18F])cc3)cc2)nn1. The van der Waals surface area contributed by atoms with Gasteiger partial charge in [0.15, 0.2) is 5.82 Å². The van der Waals surface area contributed by atoms with Crippen molar-refractivity contribution in [1.29, 1.82) is 0 Å². The second kappa shape index (κ2) is 6.91. The Morgan fingerprint density at radius 1 is 0.958 bits per heavy atom. The minimum absolute atomic E-state index is 0.255. The van der Waals surface area contributed by atoms with Crippen LogP contribution in [0.2, 0.25) is 0 Å². The van der Waals surface area contributed by atoms with Crippen LogP contribution in [-0.2, 0) is 6.54 Å². The third kappa shape index (κ3) is 3.75. The van der Waals surface area contributed by atoms with Gasteiger partial charge in [0, 0.05) is 17.7 Å². The van der Waals surface area contributed by atoms with Crippen LogP contribution in [0.5, 0.6) is 0 Å². The van der Waals surface area contributed by atoms with Crippen molar-refractivity contribution in [2.24, 2.45) is 0 Å². The van der Waals surface area contributed by atoms with Crippen molar-refractivity contribution < 1.29 is 9.18 Å². The van der Waals surface area contributed by atoms with Crippen LogP contribution in [0.3, 0.4) is 0 Å². The third-order valence-electron chi connectivity index (χ3n) is 3.35. The molecule has 0 fully saturated rings. The highest BCUT2D eigenvalue weighted by Gasteiger charge is 2.06. The first-order chi connectivity index (χ1) is 11.6. The molecule has 0 atom stereocenters. The van der Waals surface area contributed by atoms with E-state index in [1.165, 1.54) is 24.3 Å². The van der Waals surface area contributed by atoms with E-state index in [0.29, 0.717) is 23.8 Å². The fraction of sp³-hybridized carbons (Fsp3) is 0.118. The van der Waals surface area contributed by atoms with Crippen LogP contribution in [-0.4, -0.2) is 26.3 Å². The van der Waals surface area contributed by atoms with Gasteiger partial charge in [-0.3, -0.25) is 4.79 Å². The van der Waals surface area contributed by atoms with E-state index < -0.39 is 0 Å². The van der Waals surface area contributed by atoms with Crippen molar-refractivity contribution in [2.45, 2.75) is 13.5 Å². The molecule has 6 nitrogen and oxygen atoms in total. The number of benzene rings is 2. The predicted molar refractivity (Wildman–Crippen MR) is 85.4 cm³/mol. The van der Waals surface area contributed by atoms with E-state index in [2.05, 4.69) is 25.7 Å². The van der Waals surface area contributed by atoms with Crippen molar-refractivity contribution >= 4 is 5.91 Å². The van der Waals surface area contributed by atoms with Gasteiger partial charge in [0.25, 0.3) is 5.91 Å². The fourth-order valence-electron chi connectivity index (χ4n) is 2.05. The number of aryl methyl sites for hydroxylation is 1. The lowest BCUT2D eigenvalue weighted by Crippen LogP contribution is -2.22. The van der Waals surface area contributed by atoms with Gasteiger partial charge in [-0.2, -0.15) is 0 Å². The Balaban J connectivity index is 1.63. The number of amides is 1. The summed E-state index contributed by atoms with van der Waals surface area (Å²) in [5, 5.41) is 18.5. The van der Waals surface area contributed by atoms with E-state index >= 15 is 0 Å². The summed E-state index contributed by atoms with van der Waals surface area (Å²) < 4.78 is 12.8. The lowest BCUT2D eigenvalue weighted by Gasteiger charge is -2.06. The zero-order chi connectivity index (χ0) is 16.9. The number of carbonyl (C=O) groups is 1. The Labute approximate surface area is 137 Å². The molecule has 0 aliphatic rings. The molecule has 3 aromatic rings. The number of halogens is 1. The molecule has 1 amide bonds. The van der Waals surface area contributed by atoms with Gasteiger partial charge in [0.05, 0.1) is 0 Å². The molecule has 0 unspecified atom stereocenters. The van der Waals surface area contributed by atoms with Gasteiger partial charge in [-0.05, 0) is 36.8 Å². The number of hydrogen-bond acceptors (Lipinski definition) is 5. The average molecular weight is 322 g/mol. The first-order valence-corrected chi connectivity index (χ1v) is 7.29. The molecule has 0 spiro atoms. The molecule has 1 aromatic heterocycles. The number of aromatic nitrogens is 4. The largest absolute Gasteiger partial charge is 0.348 e. The molecule has 2 aromatic carbocycles. The van der Waals surface area contributed by atoms with E-state index in [1.807, 2.05) is 24.3 Å². The fourth-order valence-corrected chi connectivity index (χ4v) is 2.05. The molecule has 0 saturated heterocycles. The summed E-state index contributed by atoms with van der Waals surface area (Å²) in [6.07, 6.45) is 0. The summed E-state index contributed by atoms with van der Waals surface area (Å²) in [7, 11) is 0. The molecule has 0 bridgehead atoms. The van der Waals surface area contributed by atoms with Gasteiger partial charge in [-0.1, -0.05) is 24.3 Å². The number of hydrogen-bond donors (Lipinski definition) is 1. The van der Waals surface area contributed by atoms with Crippen molar-refractivity contribution in [3.8, 4) is 11.4 Å². The van der Waals surface area contributed by atoms with Crippen LogP contribution in [0.4, 0.5) is 4.39 Å². The highest BCUT2D eigenvalue weighted by atomic mass is 18.2. The summed E-state index contributed by atoms with van der Waals surface area (Å²) in [5.41, 5.74) is 2.13. The van der Waals surface area contributed by atoms with E-state index in [0.717, 1.165) is 11.1 Å². The highest BCUT2D eigenvalue weighted by molar-refractivity contribution is 5.94. The first-order valence-electron chi connectivity index (χ1n) is 7.29. The number of nitrogens with zero attached hydrogens (tertiary/aromatic N) is 4. The predicted octanol–water partition coefficient (Wildman–Crippen LogP) is 2.31. The van der Waals surface area contributed by atoms with Crippen LogP contribution in [0.1, 0.15) is 21.7 Å². The van der Waals surface area contributed by atoms with Gasteiger partial charge >= 0.3 is 0 Å². The van der Waals surface area contributed by atoms with E-state index in [-0.39, 0.29) is 11.7 Å². The smallest absolute Gasteiger partial charge is 0.251 e. The Hall–Kier alpha value is -3.22. The van der Waals surface area contributed by atoms with Crippen molar-refractivity contribution in [2.75, 3.05) is 0 Å². The monoisotopic (exact) mass is 322 g/mol. The topological polar surface area (TPSA) is 80.7 Å². The maximum absolute atomic E-state index is 12.8. The molecule has 1 N–H and O–H groups in total. The van der Waals surface area contributed by atoms with E-state index in [4.69, 9.17) is 0 Å². The molecule has 120 valence electrons. The Morgan fingerprint density at radius 3 is 2.21 bits per heavy atom. The third-order valence-corrected chi connectivity index (χ3v) is 3.35. The van der Waals surface area contributed by atoms with Crippen LogP contribution in [0, 0.1) is 12.7 Å². The Kier molecular flexibility index (Phi) is 4.51. The van der Waals surface area contributed by atoms with Gasteiger partial charge in [0.2, 0.25) is 5.82 Å². The lowest BCUT2D eigenvalue weighted by atomic mass is 10.1. The van der Waals surface area contributed by atoms with Crippen LogP contribution < -0.4 is 5.32 Å². The molecule has 3 rings (SSSR count). The first kappa shape index (κ1) is 15.7. The molecule has 0 saturated carbocycles. The van der Waals surface area contributed by atoms with Gasteiger partial charge < -0.3 is 5.32 Å². The second-order valence-corrected chi connectivity index (χ2v) is 5.16. The number of carbonyl (C=O) groups excluding carboxylic acids is 1. The zero-order valence-electron chi connectivity index (χ0n) is 12.9. The molecule has 1 heterocycles. The Bertz CT molecular complexity index is 832. The number of nitrogens with one attached hydrogen (secondary N) is 1. The second-order valence-electron chi connectivity index (χ2n) is 5.16. The molecular formula is C17H14FN5O. The molecular weight excluding hydrogens is 308 g/mol. The quantitative estimate of drug-likeness (QED) is 0.797. The van der Waals surface area contributed by atoms with E-state index in [1.54, 1.807) is 6.92 Å². The highest BCUT2D eigenvalue weighted by Crippen LogP contribution is 2.14. The lowest BCUT2D eigenvalue weighted by molar-refractivity contribution is 0.0951. The van der Waals surface area contributed by atoms with Crippen molar-refractivity contribution in [3.63, 3.8) is 0 Å².